The summed E-state index contributed by atoms with van der Waals surface area (Å²) in [4.78, 5) is 17.5. The van der Waals surface area contributed by atoms with Gasteiger partial charge in [-0.2, -0.15) is 0 Å². The first-order valence-electron chi connectivity index (χ1n) is 6.82. The van der Waals surface area contributed by atoms with Crippen molar-refractivity contribution in [1.82, 2.24) is 15.2 Å². The molecule has 1 aromatic heterocycles. The summed E-state index contributed by atoms with van der Waals surface area (Å²) >= 11 is 0. The van der Waals surface area contributed by atoms with Crippen molar-refractivity contribution in [2.75, 3.05) is 19.6 Å². The Bertz CT molecular complexity index is 401. The highest BCUT2D eigenvalue weighted by molar-refractivity contribution is 5.73. The summed E-state index contributed by atoms with van der Waals surface area (Å²) in [5.41, 5.74) is 7.14. The van der Waals surface area contributed by atoms with Crippen LogP contribution in [0.3, 0.4) is 0 Å². The van der Waals surface area contributed by atoms with Crippen LogP contribution >= 0.6 is 0 Å². The lowest BCUT2D eigenvalue weighted by Crippen LogP contribution is -2.46. The molecule has 3 N–H and O–H groups in total. The molecule has 1 saturated heterocycles. The van der Waals surface area contributed by atoms with Crippen molar-refractivity contribution in [2.24, 2.45) is 5.73 Å². The van der Waals surface area contributed by atoms with E-state index in [1.54, 1.807) is 6.92 Å². The van der Waals surface area contributed by atoms with Crippen LogP contribution in [0.4, 0.5) is 0 Å². The number of carbonyl (C=O) groups excluding carboxylic acids is 1. The van der Waals surface area contributed by atoms with Gasteiger partial charge in [0.05, 0.1) is 0 Å². The molecule has 104 valence electrons. The second kappa shape index (κ2) is 6.63. The first kappa shape index (κ1) is 14.0. The Morgan fingerprint density at radius 3 is 2.63 bits per heavy atom. The Labute approximate surface area is 114 Å². The number of aromatic nitrogens is 1. The van der Waals surface area contributed by atoms with Crippen molar-refractivity contribution < 1.29 is 4.79 Å². The molecule has 1 aliphatic heterocycles. The van der Waals surface area contributed by atoms with E-state index in [4.69, 9.17) is 5.73 Å². The molecule has 2 rings (SSSR count). The Morgan fingerprint density at radius 2 is 2.11 bits per heavy atom. The topological polar surface area (TPSA) is 71.2 Å². The number of nitrogens with one attached hydrogen (secondary N) is 1. The van der Waals surface area contributed by atoms with Crippen LogP contribution < -0.4 is 11.1 Å². The summed E-state index contributed by atoms with van der Waals surface area (Å²) in [7, 11) is 0. The second-order valence-corrected chi connectivity index (χ2v) is 5.04. The molecule has 0 bridgehead atoms. The summed E-state index contributed by atoms with van der Waals surface area (Å²) in [6.45, 7) is 4.12. The molecule has 19 heavy (non-hydrogen) atoms. The predicted molar refractivity (Wildman–Crippen MR) is 74.4 cm³/mol. The maximum absolute atomic E-state index is 11.1. The highest BCUT2D eigenvalue weighted by Crippen LogP contribution is 2.23. The molecule has 1 atom stereocenters. The van der Waals surface area contributed by atoms with Gasteiger partial charge in [0, 0.05) is 51.0 Å². The van der Waals surface area contributed by atoms with Crippen LogP contribution in [0.1, 0.15) is 31.4 Å². The lowest BCUT2D eigenvalue weighted by atomic mass is 10.00. The van der Waals surface area contributed by atoms with E-state index < -0.39 is 0 Å². The van der Waals surface area contributed by atoms with E-state index in [1.165, 1.54) is 5.56 Å². The largest absolute Gasteiger partial charge is 0.354 e. The summed E-state index contributed by atoms with van der Waals surface area (Å²) in [5.74, 6) is 0.0583. The molecule has 1 unspecified atom stereocenters. The van der Waals surface area contributed by atoms with Crippen molar-refractivity contribution in [1.29, 1.82) is 0 Å². The third-order valence-electron chi connectivity index (χ3n) is 3.69. The first-order chi connectivity index (χ1) is 9.20. The number of nitrogens with two attached hydrogens (primary N) is 1. The van der Waals surface area contributed by atoms with Gasteiger partial charge in [0.25, 0.3) is 0 Å². The van der Waals surface area contributed by atoms with Gasteiger partial charge in [-0.25, -0.2) is 0 Å². The molecule has 1 aliphatic rings. The van der Waals surface area contributed by atoms with Crippen molar-refractivity contribution in [3.63, 3.8) is 0 Å². The van der Waals surface area contributed by atoms with E-state index in [2.05, 4.69) is 15.2 Å². The molecular formula is C14H22N4O. The quantitative estimate of drug-likeness (QED) is 0.837. The van der Waals surface area contributed by atoms with Gasteiger partial charge >= 0.3 is 0 Å². The van der Waals surface area contributed by atoms with E-state index in [1.807, 2.05) is 24.5 Å². The fraction of sp³-hybridized carbons (Fsp3) is 0.571. The Balaban J connectivity index is 1.94. The molecule has 0 saturated carbocycles. The summed E-state index contributed by atoms with van der Waals surface area (Å²) < 4.78 is 0. The molecule has 5 heteroatoms. The number of carbonyl (C=O) groups is 1. The number of pyridine rings is 1. The molecule has 0 radical (unpaired) electrons. The van der Waals surface area contributed by atoms with Gasteiger partial charge < -0.3 is 11.1 Å². The number of hydrogen-bond acceptors (Lipinski definition) is 4. The van der Waals surface area contributed by atoms with Crippen LogP contribution in [0.15, 0.2) is 24.5 Å². The smallest absolute Gasteiger partial charge is 0.217 e. The lowest BCUT2D eigenvalue weighted by molar-refractivity contribution is -0.120. The molecule has 1 amide bonds. The summed E-state index contributed by atoms with van der Waals surface area (Å²) in [6.07, 6.45) is 5.59. The number of piperidine rings is 1. The third kappa shape index (κ3) is 3.75. The number of amides is 1. The maximum Gasteiger partial charge on any atom is 0.217 e. The Morgan fingerprint density at radius 1 is 1.47 bits per heavy atom. The fourth-order valence-electron chi connectivity index (χ4n) is 2.72. The fourth-order valence-corrected chi connectivity index (χ4v) is 2.72. The van der Waals surface area contributed by atoms with Gasteiger partial charge in [-0.3, -0.25) is 14.7 Å². The monoisotopic (exact) mass is 262 g/mol. The zero-order valence-corrected chi connectivity index (χ0v) is 11.4. The molecule has 1 aromatic rings. The average molecular weight is 262 g/mol. The van der Waals surface area contributed by atoms with Gasteiger partial charge in [0.2, 0.25) is 5.91 Å². The van der Waals surface area contributed by atoms with Crippen molar-refractivity contribution in [3.05, 3.63) is 30.1 Å². The van der Waals surface area contributed by atoms with Crippen molar-refractivity contribution in [2.45, 2.75) is 31.8 Å². The third-order valence-corrected chi connectivity index (χ3v) is 3.69. The lowest BCUT2D eigenvalue weighted by Gasteiger charge is -2.37. The summed E-state index contributed by atoms with van der Waals surface area (Å²) in [5, 5.41) is 2.99. The highest BCUT2D eigenvalue weighted by Gasteiger charge is 2.25. The standard InChI is InChI=1S/C14H22N4O/c1-11(19)17-13-4-8-18(9-5-13)14(10-15)12-2-6-16-7-3-12/h2-3,6-7,13-14H,4-5,8-10,15H2,1H3,(H,17,19). The van der Waals surface area contributed by atoms with Gasteiger partial charge in [-0.15, -0.1) is 0 Å². The van der Waals surface area contributed by atoms with E-state index in [0.29, 0.717) is 12.6 Å². The van der Waals surface area contributed by atoms with Crippen molar-refractivity contribution in [3.8, 4) is 0 Å². The van der Waals surface area contributed by atoms with Gasteiger partial charge in [-0.1, -0.05) is 0 Å². The van der Waals surface area contributed by atoms with E-state index >= 15 is 0 Å². The highest BCUT2D eigenvalue weighted by atomic mass is 16.1. The van der Waals surface area contributed by atoms with Gasteiger partial charge in [0.1, 0.15) is 0 Å². The van der Waals surface area contributed by atoms with Crippen molar-refractivity contribution >= 4 is 5.91 Å². The molecule has 1 fully saturated rings. The van der Waals surface area contributed by atoms with E-state index in [0.717, 1.165) is 25.9 Å². The van der Waals surface area contributed by atoms with E-state index in [9.17, 15) is 4.79 Å². The SMILES string of the molecule is CC(=O)NC1CCN(C(CN)c2ccncc2)CC1. The first-order valence-corrected chi connectivity index (χ1v) is 6.82. The average Bonchev–Trinajstić information content (AvgIpc) is 2.42. The minimum atomic E-state index is 0.0583. The zero-order valence-electron chi connectivity index (χ0n) is 11.4. The van der Waals surface area contributed by atoms with Gasteiger partial charge in [-0.05, 0) is 30.5 Å². The molecule has 2 heterocycles. The number of hydrogen-bond donors (Lipinski definition) is 2. The van der Waals surface area contributed by atoms with Gasteiger partial charge in [0.15, 0.2) is 0 Å². The molecule has 0 aliphatic carbocycles. The van der Waals surface area contributed by atoms with E-state index in [-0.39, 0.29) is 11.9 Å². The molecule has 0 aromatic carbocycles. The number of rotatable bonds is 4. The Hall–Kier alpha value is -1.46. The van der Waals surface area contributed by atoms with Crippen LogP contribution in [-0.4, -0.2) is 41.5 Å². The van der Waals surface area contributed by atoms with Crippen LogP contribution in [0.5, 0.6) is 0 Å². The Kier molecular flexibility index (Phi) is 4.87. The minimum absolute atomic E-state index is 0.0583. The molecule has 0 spiro atoms. The predicted octanol–water partition coefficient (Wildman–Crippen LogP) is 0.682. The number of likely N-dealkylation sites (tertiary alicyclic amines) is 1. The van der Waals surface area contributed by atoms with Crippen LogP contribution in [0.25, 0.3) is 0 Å². The normalized spacial score (nSPS) is 19.1. The second-order valence-electron chi connectivity index (χ2n) is 5.04. The molecular weight excluding hydrogens is 240 g/mol. The van der Waals surface area contributed by atoms with Crippen LogP contribution in [0, 0.1) is 0 Å². The summed E-state index contributed by atoms with van der Waals surface area (Å²) in [6, 6.07) is 4.61. The van der Waals surface area contributed by atoms with Crippen LogP contribution in [-0.2, 0) is 4.79 Å². The molecule has 5 nitrogen and oxygen atoms in total. The minimum Gasteiger partial charge on any atom is -0.354 e. The zero-order chi connectivity index (χ0) is 13.7. The maximum atomic E-state index is 11.1. The number of nitrogens with zero attached hydrogens (tertiary/aromatic N) is 2. The van der Waals surface area contributed by atoms with Crippen LogP contribution in [0.2, 0.25) is 0 Å².